The molecule has 1 aliphatic rings. The molecule has 0 aromatic carbocycles. The Hall–Kier alpha value is -3.37. The van der Waals surface area contributed by atoms with Crippen LogP contribution in [0.3, 0.4) is 0 Å². The molecule has 0 bridgehead atoms. The third-order valence-electron chi connectivity index (χ3n) is 4.92. The van der Waals surface area contributed by atoms with Gasteiger partial charge in [0.2, 0.25) is 0 Å². The highest BCUT2D eigenvalue weighted by atomic mass is 15.3. The number of anilines is 2. The molecule has 29 heavy (non-hydrogen) atoms. The van der Waals surface area contributed by atoms with Gasteiger partial charge < -0.3 is 21.3 Å². The van der Waals surface area contributed by atoms with E-state index in [1.165, 1.54) is 0 Å². The average molecular weight is 390 g/mol. The third kappa shape index (κ3) is 4.73. The van der Waals surface area contributed by atoms with Gasteiger partial charge in [0.25, 0.3) is 0 Å². The summed E-state index contributed by atoms with van der Waals surface area (Å²) in [6.45, 7) is 10.7. The molecule has 0 saturated carbocycles. The molecule has 1 aliphatic heterocycles. The summed E-state index contributed by atoms with van der Waals surface area (Å²) in [6.07, 6.45) is 4.46. The number of fused-ring (bicyclic) bond motifs is 1. The molecule has 3 rings (SSSR count). The highest BCUT2D eigenvalue weighted by molar-refractivity contribution is 5.65. The Kier molecular flexibility index (Phi) is 6.47. The van der Waals surface area contributed by atoms with Crippen molar-refractivity contribution in [3.63, 3.8) is 0 Å². The first-order valence-corrected chi connectivity index (χ1v) is 9.75. The lowest BCUT2D eigenvalue weighted by Crippen LogP contribution is -2.42. The molecular weight excluding hydrogens is 362 g/mol. The molecule has 0 spiro atoms. The maximum atomic E-state index is 9.05. The lowest BCUT2D eigenvalue weighted by molar-refractivity contribution is 0.524. The predicted octanol–water partition coefficient (Wildman–Crippen LogP) is 3.00. The van der Waals surface area contributed by atoms with Crippen LogP contribution < -0.4 is 21.3 Å². The summed E-state index contributed by atoms with van der Waals surface area (Å²) in [5, 5.41) is 15.4. The maximum Gasteiger partial charge on any atom is 0.138 e. The second-order valence-electron chi connectivity index (χ2n) is 7.08. The molecule has 0 saturated heterocycles. The second-order valence-corrected chi connectivity index (χ2v) is 7.08. The number of aromatic nitrogens is 2. The van der Waals surface area contributed by atoms with Crippen molar-refractivity contribution in [2.45, 2.75) is 38.3 Å². The van der Waals surface area contributed by atoms with Crippen molar-refractivity contribution in [1.29, 1.82) is 5.26 Å². The molecule has 0 fully saturated rings. The number of aryl methyl sites for hydroxylation is 1. The summed E-state index contributed by atoms with van der Waals surface area (Å²) < 4.78 is 0. The van der Waals surface area contributed by atoms with Crippen LogP contribution in [0.2, 0.25) is 0 Å². The summed E-state index contributed by atoms with van der Waals surface area (Å²) in [6, 6.07) is 11.7. The Morgan fingerprint density at radius 3 is 2.90 bits per heavy atom. The van der Waals surface area contributed by atoms with Crippen molar-refractivity contribution in [3.8, 4) is 6.07 Å². The van der Waals surface area contributed by atoms with Gasteiger partial charge >= 0.3 is 0 Å². The number of rotatable bonds is 8. The van der Waals surface area contributed by atoms with E-state index in [2.05, 4.69) is 45.8 Å². The summed E-state index contributed by atoms with van der Waals surface area (Å²) in [5.41, 5.74) is 8.34. The zero-order valence-corrected chi connectivity index (χ0v) is 16.7. The van der Waals surface area contributed by atoms with Crippen molar-refractivity contribution in [2.24, 2.45) is 5.73 Å². The molecule has 7 heteroatoms. The number of nitrogens with one attached hydrogen (secondary N) is 2. The minimum atomic E-state index is -0.345. The summed E-state index contributed by atoms with van der Waals surface area (Å²) >= 11 is 0. The van der Waals surface area contributed by atoms with Crippen molar-refractivity contribution in [1.82, 2.24) is 15.3 Å². The molecule has 7 nitrogen and oxygen atoms in total. The van der Waals surface area contributed by atoms with Gasteiger partial charge in [-0.15, -0.1) is 0 Å². The zero-order chi connectivity index (χ0) is 20.8. The van der Waals surface area contributed by atoms with Crippen LogP contribution in [0.1, 0.15) is 31.0 Å². The highest BCUT2D eigenvalue weighted by Gasteiger charge is 2.29. The van der Waals surface area contributed by atoms with Crippen LogP contribution in [0, 0.1) is 11.3 Å². The summed E-state index contributed by atoms with van der Waals surface area (Å²) in [7, 11) is 0. The quantitative estimate of drug-likeness (QED) is 0.638. The molecule has 3 heterocycles. The van der Waals surface area contributed by atoms with E-state index in [0.29, 0.717) is 23.8 Å². The Labute approximate surface area is 172 Å². The van der Waals surface area contributed by atoms with E-state index in [1.54, 1.807) is 13.1 Å². The van der Waals surface area contributed by atoms with Gasteiger partial charge in [0, 0.05) is 12.2 Å². The zero-order valence-electron chi connectivity index (χ0n) is 16.7. The fourth-order valence-electron chi connectivity index (χ4n) is 3.50. The minimum absolute atomic E-state index is 0.193. The van der Waals surface area contributed by atoms with Crippen molar-refractivity contribution in [3.05, 3.63) is 66.8 Å². The Morgan fingerprint density at radius 1 is 1.38 bits per heavy atom. The fraction of sp³-hybridized carbons (Fsp3) is 0.318. The van der Waals surface area contributed by atoms with E-state index in [9.17, 15) is 0 Å². The number of nitriles is 1. The highest BCUT2D eigenvalue weighted by Crippen LogP contribution is 2.34. The predicted molar refractivity (Wildman–Crippen MR) is 117 cm³/mol. The van der Waals surface area contributed by atoms with Crippen LogP contribution in [0.25, 0.3) is 5.70 Å². The van der Waals surface area contributed by atoms with E-state index in [0.717, 1.165) is 36.5 Å². The number of pyridine rings is 2. The number of nitrogens with two attached hydrogens (primary N) is 1. The second kappa shape index (κ2) is 9.22. The van der Waals surface area contributed by atoms with E-state index in [1.807, 2.05) is 24.3 Å². The van der Waals surface area contributed by atoms with Gasteiger partial charge in [-0.2, -0.15) is 5.26 Å². The normalized spacial score (nSPS) is 16.3. The van der Waals surface area contributed by atoms with Crippen molar-refractivity contribution >= 4 is 17.3 Å². The Morgan fingerprint density at radius 2 is 2.21 bits per heavy atom. The van der Waals surface area contributed by atoms with E-state index >= 15 is 0 Å². The molecular formula is C22H27N7. The molecule has 2 atom stereocenters. The Balaban J connectivity index is 1.93. The van der Waals surface area contributed by atoms with Gasteiger partial charge in [-0.25, -0.2) is 9.97 Å². The van der Waals surface area contributed by atoms with Crippen LogP contribution in [0.4, 0.5) is 11.6 Å². The summed E-state index contributed by atoms with van der Waals surface area (Å²) in [4.78, 5) is 11.3. The first-order chi connectivity index (χ1) is 14.0. The molecule has 4 N–H and O–H groups in total. The smallest absolute Gasteiger partial charge is 0.138 e. The van der Waals surface area contributed by atoms with Crippen molar-refractivity contribution < 1.29 is 0 Å². The van der Waals surface area contributed by atoms with E-state index < -0.39 is 0 Å². The van der Waals surface area contributed by atoms with E-state index in [4.69, 9.17) is 16.0 Å². The average Bonchev–Trinajstić information content (AvgIpc) is 2.73. The van der Waals surface area contributed by atoms with E-state index in [-0.39, 0.29) is 12.1 Å². The van der Waals surface area contributed by atoms with Gasteiger partial charge in [0.1, 0.15) is 23.5 Å². The minimum Gasteiger partial charge on any atom is -0.369 e. The maximum absolute atomic E-state index is 9.05. The molecule has 2 aromatic rings. The van der Waals surface area contributed by atoms with Crippen LogP contribution in [-0.4, -0.2) is 28.6 Å². The third-order valence-corrected chi connectivity index (χ3v) is 4.92. The van der Waals surface area contributed by atoms with Gasteiger partial charge in [0.15, 0.2) is 0 Å². The van der Waals surface area contributed by atoms with Gasteiger partial charge in [0.05, 0.1) is 17.5 Å². The Bertz CT molecular complexity index is 917. The number of hydrogen-bond acceptors (Lipinski definition) is 7. The SMILES string of the molecule is C=C(NC(C)C#N)c1ccc2c(n1)N(C(=C)Nc1ccccn1)C(CCN)CC2. The van der Waals surface area contributed by atoms with Crippen LogP contribution in [0.5, 0.6) is 0 Å². The lowest BCUT2D eigenvalue weighted by Gasteiger charge is -2.39. The largest absolute Gasteiger partial charge is 0.369 e. The fourth-order valence-corrected chi connectivity index (χ4v) is 3.50. The topological polar surface area (TPSA) is 103 Å². The molecule has 150 valence electrons. The molecule has 2 unspecified atom stereocenters. The van der Waals surface area contributed by atoms with Gasteiger partial charge in [-0.3, -0.25) is 0 Å². The van der Waals surface area contributed by atoms with Gasteiger partial charge in [-0.1, -0.05) is 25.3 Å². The first kappa shape index (κ1) is 20.4. The number of hydrogen-bond donors (Lipinski definition) is 3. The van der Waals surface area contributed by atoms with Crippen LogP contribution >= 0.6 is 0 Å². The number of nitrogens with zero attached hydrogens (tertiary/aromatic N) is 4. The lowest BCUT2D eigenvalue weighted by atomic mass is 9.96. The molecule has 2 aromatic heterocycles. The molecule has 0 amide bonds. The standard InChI is InChI=1S/C22H27N7/c1-15(14-24)26-16(2)20-10-8-18-7-9-19(11-12-23)29(22(18)28-20)17(3)27-21-6-4-5-13-25-21/h4-6,8,10,13,15,19,26H,2-3,7,9,11-12,23H2,1H3,(H,25,27). The summed E-state index contributed by atoms with van der Waals surface area (Å²) in [5.74, 6) is 2.27. The van der Waals surface area contributed by atoms with Crippen LogP contribution in [-0.2, 0) is 6.42 Å². The van der Waals surface area contributed by atoms with Crippen LogP contribution in [0.15, 0.2) is 55.5 Å². The molecule has 0 radical (unpaired) electrons. The molecule has 0 aliphatic carbocycles. The first-order valence-electron chi connectivity index (χ1n) is 9.75. The van der Waals surface area contributed by atoms with Gasteiger partial charge in [-0.05, 0) is 56.5 Å². The monoisotopic (exact) mass is 389 g/mol. The van der Waals surface area contributed by atoms with Crippen molar-refractivity contribution in [2.75, 3.05) is 16.8 Å².